The van der Waals surface area contributed by atoms with E-state index in [4.69, 9.17) is 25.5 Å². The van der Waals surface area contributed by atoms with Gasteiger partial charge in [0.2, 0.25) is 0 Å². The summed E-state index contributed by atoms with van der Waals surface area (Å²) in [5, 5.41) is 38.3. The number of hydrogen-bond acceptors (Lipinski definition) is 5. The van der Waals surface area contributed by atoms with Crippen molar-refractivity contribution in [3.05, 3.63) is 0 Å². The van der Waals surface area contributed by atoms with Gasteiger partial charge in [0.1, 0.15) is 0 Å². The first kappa shape index (κ1) is 42.7. The average molecular weight is 354 g/mol. The van der Waals surface area contributed by atoms with Crippen LogP contribution in [0.4, 0.5) is 0 Å². The van der Waals surface area contributed by atoms with E-state index in [0.29, 0.717) is 6.61 Å². The van der Waals surface area contributed by atoms with E-state index in [9.17, 15) is 0 Å². The fourth-order valence-electron chi connectivity index (χ4n) is 0.158. The summed E-state index contributed by atoms with van der Waals surface area (Å²) in [5.74, 6) is 0. The molecule has 0 aliphatic carbocycles. The van der Waals surface area contributed by atoms with Crippen LogP contribution in [0.1, 0.15) is 47.5 Å². The standard InChI is InChI=1S/C4H10O.4C2H6O.2Ti/c1-2-3-4-5;4*1-2-3;;/h5H,2-4H2,1H3;4*3H,2H2,1H3;;. The van der Waals surface area contributed by atoms with E-state index in [2.05, 4.69) is 6.92 Å². The Hall–Kier alpha value is 1.23. The molecule has 0 aromatic carbocycles. The Morgan fingerprint density at radius 1 is 0.526 bits per heavy atom. The van der Waals surface area contributed by atoms with Crippen LogP contribution in [0, 0.1) is 0 Å². The van der Waals surface area contributed by atoms with Crippen molar-refractivity contribution in [3.63, 3.8) is 0 Å². The largest absolute Gasteiger partial charge is 0.397 e. The number of unbranched alkanes of at least 4 members (excludes halogenated alkanes) is 1. The molecule has 0 saturated carbocycles. The van der Waals surface area contributed by atoms with Gasteiger partial charge in [-0.15, -0.1) is 0 Å². The fraction of sp³-hybridized carbons (Fsp3) is 1.00. The first-order valence-corrected chi connectivity index (χ1v) is 6.12. The minimum atomic E-state index is 0. The quantitative estimate of drug-likeness (QED) is 0.472. The van der Waals surface area contributed by atoms with Crippen LogP contribution in [-0.4, -0.2) is 58.6 Å². The Morgan fingerprint density at radius 2 is 0.684 bits per heavy atom. The van der Waals surface area contributed by atoms with Gasteiger partial charge in [-0.3, -0.25) is 0 Å². The predicted molar refractivity (Wildman–Crippen MR) is 73.0 cm³/mol. The van der Waals surface area contributed by atoms with Crippen LogP contribution in [0.5, 0.6) is 0 Å². The van der Waals surface area contributed by atoms with Crippen molar-refractivity contribution in [2.24, 2.45) is 0 Å². The summed E-state index contributed by atoms with van der Waals surface area (Å²) in [7, 11) is 0. The molecule has 0 fully saturated rings. The molecule has 0 atom stereocenters. The molecule has 0 amide bonds. The number of aliphatic hydroxyl groups is 5. The zero-order chi connectivity index (χ0) is 14.9. The summed E-state index contributed by atoms with van der Waals surface area (Å²) in [4.78, 5) is 0. The molecule has 0 unspecified atom stereocenters. The summed E-state index contributed by atoms with van der Waals surface area (Å²) in [6.07, 6.45) is 2.04. The Kier molecular flexibility index (Phi) is 212. The van der Waals surface area contributed by atoms with Gasteiger partial charge in [0, 0.05) is 76.5 Å². The first-order chi connectivity index (χ1) is 8.07. The van der Waals surface area contributed by atoms with Gasteiger partial charge in [-0.1, -0.05) is 13.3 Å². The molecule has 0 aromatic heterocycles. The fourth-order valence-corrected chi connectivity index (χ4v) is 0.158. The molecule has 0 radical (unpaired) electrons. The minimum absolute atomic E-state index is 0. The van der Waals surface area contributed by atoms with Gasteiger partial charge in [0.05, 0.1) is 0 Å². The van der Waals surface area contributed by atoms with Crippen LogP contribution >= 0.6 is 0 Å². The molecule has 0 aliphatic rings. The van der Waals surface area contributed by atoms with Crippen molar-refractivity contribution in [2.45, 2.75) is 47.5 Å². The third-order valence-corrected chi connectivity index (χ3v) is 0.512. The van der Waals surface area contributed by atoms with Gasteiger partial charge in [0.25, 0.3) is 0 Å². The third kappa shape index (κ3) is 548. The molecule has 5 nitrogen and oxygen atoms in total. The molecule has 0 heterocycles. The van der Waals surface area contributed by atoms with Crippen molar-refractivity contribution in [2.75, 3.05) is 33.0 Å². The second-order valence-corrected chi connectivity index (χ2v) is 2.34. The zero-order valence-corrected chi connectivity index (χ0v) is 16.3. The second kappa shape index (κ2) is 94.4. The number of hydrogen-bond donors (Lipinski definition) is 5. The molecule has 0 aliphatic heterocycles. The summed E-state index contributed by atoms with van der Waals surface area (Å²) in [6.45, 7) is 10.1. The van der Waals surface area contributed by atoms with Crippen LogP contribution in [0.2, 0.25) is 0 Å². The average Bonchev–Trinajstić information content (AvgIpc) is 2.23. The van der Waals surface area contributed by atoms with Crippen LogP contribution in [0.3, 0.4) is 0 Å². The van der Waals surface area contributed by atoms with E-state index in [1.165, 1.54) is 0 Å². The van der Waals surface area contributed by atoms with Crippen LogP contribution in [-0.2, 0) is 43.4 Å². The molecular weight excluding hydrogens is 320 g/mol. The number of rotatable bonds is 2. The number of aliphatic hydroxyl groups excluding tert-OH is 5. The van der Waals surface area contributed by atoms with E-state index in [1.54, 1.807) is 27.7 Å². The molecule has 19 heavy (non-hydrogen) atoms. The van der Waals surface area contributed by atoms with Crippen molar-refractivity contribution in [1.82, 2.24) is 0 Å². The maximum Gasteiger partial charge on any atom is 0.0430 e. The van der Waals surface area contributed by atoms with Crippen molar-refractivity contribution in [1.29, 1.82) is 0 Å². The van der Waals surface area contributed by atoms with Gasteiger partial charge in [0.15, 0.2) is 0 Å². The summed E-state index contributed by atoms with van der Waals surface area (Å²) in [5.41, 5.74) is 0. The van der Waals surface area contributed by atoms with E-state index in [1.807, 2.05) is 0 Å². The third-order valence-electron chi connectivity index (χ3n) is 0.512. The minimum Gasteiger partial charge on any atom is -0.397 e. The van der Waals surface area contributed by atoms with Crippen LogP contribution in [0.15, 0.2) is 0 Å². The van der Waals surface area contributed by atoms with Crippen LogP contribution < -0.4 is 0 Å². The molecule has 5 N–H and O–H groups in total. The second-order valence-electron chi connectivity index (χ2n) is 2.34. The smallest absolute Gasteiger partial charge is 0.0430 e. The maximum atomic E-state index is 8.07. The molecule has 0 rings (SSSR count). The van der Waals surface area contributed by atoms with Gasteiger partial charge in [-0.05, 0) is 34.1 Å². The molecule has 120 valence electrons. The van der Waals surface area contributed by atoms with Crippen molar-refractivity contribution in [3.8, 4) is 0 Å². The van der Waals surface area contributed by atoms with Crippen molar-refractivity contribution < 1.29 is 69.0 Å². The molecule has 7 heteroatoms. The summed E-state index contributed by atoms with van der Waals surface area (Å²) < 4.78 is 0. The van der Waals surface area contributed by atoms with Crippen LogP contribution in [0.25, 0.3) is 0 Å². The van der Waals surface area contributed by atoms with E-state index in [0.717, 1.165) is 12.8 Å². The topological polar surface area (TPSA) is 101 Å². The SMILES string of the molecule is CCCCO.CCO.CCO.CCO.CCO.[Ti].[Ti]. The Balaban J connectivity index is -0.0000000189. The Morgan fingerprint density at radius 3 is 0.684 bits per heavy atom. The normalized spacial score (nSPS) is 6.00. The molecule has 0 bridgehead atoms. The zero-order valence-electron chi connectivity index (χ0n) is 13.2. The summed E-state index contributed by atoms with van der Waals surface area (Å²) >= 11 is 0. The molecule has 0 saturated heterocycles. The predicted octanol–water partition coefficient (Wildman–Crippen LogP) is 0.768. The molecule has 0 spiro atoms. The maximum absolute atomic E-state index is 8.07. The van der Waals surface area contributed by atoms with E-state index in [-0.39, 0.29) is 69.9 Å². The Labute approximate surface area is 149 Å². The summed E-state index contributed by atoms with van der Waals surface area (Å²) in [6, 6.07) is 0. The van der Waals surface area contributed by atoms with Gasteiger partial charge in [-0.25, -0.2) is 0 Å². The molecular formula is C12H34O5Ti2. The Bertz CT molecular complexity index is 53.4. The van der Waals surface area contributed by atoms with E-state index >= 15 is 0 Å². The monoisotopic (exact) mass is 354 g/mol. The van der Waals surface area contributed by atoms with Crippen molar-refractivity contribution >= 4 is 0 Å². The van der Waals surface area contributed by atoms with Gasteiger partial charge < -0.3 is 25.5 Å². The first-order valence-electron chi connectivity index (χ1n) is 6.12. The molecule has 0 aromatic rings. The van der Waals surface area contributed by atoms with Gasteiger partial charge >= 0.3 is 0 Å². The van der Waals surface area contributed by atoms with Gasteiger partial charge in [-0.2, -0.15) is 0 Å². The van der Waals surface area contributed by atoms with E-state index < -0.39 is 0 Å².